The van der Waals surface area contributed by atoms with E-state index in [0.29, 0.717) is 13.2 Å². The van der Waals surface area contributed by atoms with E-state index in [2.05, 4.69) is 13.8 Å². The average Bonchev–Trinajstić information content (AvgIpc) is 2.44. The molecule has 4 nitrogen and oxygen atoms in total. The third-order valence-corrected chi connectivity index (χ3v) is 4.10. The number of hydrogen-bond acceptors (Lipinski definition) is 4. The molecule has 1 aliphatic heterocycles. The van der Waals surface area contributed by atoms with Gasteiger partial charge in [-0.25, -0.2) is 0 Å². The molecular formula is C15H28O4. The monoisotopic (exact) mass is 272 g/mol. The Bertz CT molecular complexity index is 295. The minimum Gasteiger partial charge on any atom is -0.463 e. The van der Waals surface area contributed by atoms with Gasteiger partial charge in [0, 0.05) is 6.42 Å². The third-order valence-electron chi connectivity index (χ3n) is 4.10. The number of rotatable bonds is 6. The molecule has 0 aromatic carbocycles. The fraction of sp³-hybridized carbons (Fsp3) is 0.933. The van der Waals surface area contributed by atoms with Crippen molar-refractivity contribution in [3.05, 3.63) is 0 Å². The first-order valence-corrected chi connectivity index (χ1v) is 7.38. The highest BCUT2D eigenvalue weighted by Gasteiger charge is 2.36. The molecule has 0 amide bonds. The molecule has 0 spiro atoms. The Balaban J connectivity index is 2.48. The lowest BCUT2D eigenvalue weighted by atomic mass is 9.91. The minimum atomic E-state index is -0.490. The van der Waals surface area contributed by atoms with Crippen molar-refractivity contribution in [2.75, 3.05) is 13.2 Å². The van der Waals surface area contributed by atoms with E-state index in [9.17, 15) is 4.79 Å². The van der Waals surface area contributed by atoms with Crippen LogP contribution in [0.1, 0.15) is 60.3 Å². The Morgan fingerprint density at radius 2 is 1.95 bits per heavy atom. The summed E-state index contributed by atoms with van der Waals surface area (Å²) in [6.07, 6.45) is 3.13. The summed E-state index contributed by atoms with van der Waals surface area (Å²) < 4.78 is 17.1. The van der Waals surface area contributed by atoms with Crippen molar-refractivity contribution in [3.63, 3.8) is 0 Å². The second kappa shape index (κ2) is 6.71. The topological polar surface area (TPSA) is 44.8 Å². The molecule has 112 valence electrons. The van der Waals surface area contributed by atoms with Crippen LogP contribution in [-0.4, -0.2) is 31.1 Å². The average molecular weight is 272 g/mol. The van der Waals surface area contributed by atoms with Gasteiger partial charge in [0.2, 0.25) is 0 Å². The van der Waals surface area contributed by atoms with Gasteiger partial charge < -0.3 is 14.2 Å². The maximum absolute atomic E-state index is 11.9. The van der Waals surface area contributed by atoms with E-state index < -0.39 is 11.2 Å². The molecule has 1 fully saturated rings. The van der Waals surface area contributed by atoms with Crippen molar-refractivity contribution < 1.29 is 19.0 Å². The smallest absolute Gasteiger partial charge is 0.311 e. The summed E-state index contributed by atoms with van der Waals surface area (Å²) in [6, 6.07) is 0. The van der Waals surface area contributed by atoms with Crippen LogP contribution < -0.4 is 0 Å². The number of ether oxygens (including phenoxy) is 3. The normalized spacial score (nSPS) is 23.1. The van der Waals surface area contributed by atoms with Crippen LogP contribution in [0.15, 0.2) is 0 Å². The molecule has 0 aliphatic carbocycles. The summed E-state index contributed by atoms with van der Waals surface area (Å²) in [5, 5.41) is 0. The van der Waals surface area contributed by atoms with Gasteiger partial charge >= 0.3 is 5.97 Å². The first kappa shape index (κ1) is 16.4. The maximum atomic E-state index is 11.9. The van der Waals surface area contributed by atoms with E-state index in [4.69, 9.17) is 14.2 Å². The van der Waals surface area contributed by atoms with Gasteiger partial charge in [0.05, 0.1) is 18.1 Å². The van der Waals surface area contributed by atoms with E-state index in [1.54, 1.807) is 0 Å². The summed E-state index contributed by atoms with van der Waals surface area (Å²) >= 11 is 0. The van der Waals surface area contributed by atoms with Gasteiger partial charge in [0.25, 0.3) is 0 Å². The Hall–Kier alpha value is -0.610. The Labute approximate surface area is 116 Å². The van der Waals surface area contributed by atoms with Gasteiger partial charge in [-0.1, -0.05) is 20.8 Å². The summed E-state index contributed by atoms with van der Waals surface area (Å²) in [7, 11) is 0. The quantitative estimate of drug-likeness (QED) is 0.696. The van der Waals surface area contributed by atoms with Gasteiger partial charge in [-0.05, 0) is 33.1 Å². The predicted octanol–water partition coefficient (Wildman–Crippen LogP) is 3.29. The van der Waals surface area contributed by atoms with Gasteiger partial charge in [0.15, 0.2) is 5.79 Å². The molecule has 0 radical (unpaired) electrons. The fourth-order valence-corrected chi connectivity index (χ4v) is 2.02. The van der Waals surface area contributed by atoms with E-state index >= 15 is 0 Å². The van der Waals surface area contributed by atoms with E-state index in [1.165, 1.54) is 0 Å². The summed E-state index contributed by atoms with van der Waals surface area (Å²) in [5.41, 5.74) is -0.419. The molecule has 0 aromatic rings. The molecule has 0 N–H and O–H groups in total. The van der Waals surface area contributed by atoms with Crippen molar-refractivity contribution >= 4 is 5.97 Å². The molecule has 0 saturated carbocycles. The number of carbonyl (C=O) groups excluding carboxylic acids is 1. The van der Waals surface area contributed by atoms with Gasteiger partial charge in [-0.2, -0.15) is 0 Å². The highest BCUT2D eigenvalue weighted by Crippen LogP contribution is 2.30. The minimum absolute atomic E-state index is 0.0507. The molecular weight excluding hydrogens is 244 g/mol. The van der Waals surface area contributed by atoms with Crippen molar-refractivity contribution in [2.45, 2.75) is 72.2 Å². The zero-order chi connectivity index (χ0) is 14.5. The lowest BCUT2D eigenvalue weighted by molar-refractivity contribution is -0.301. The SMILES string of the molecule is CCC1(CC)OCCC(COC(=O)C(C)(C)CC)O1. The van der Waals surface area contributed by atoms with Gasteiger partial charge in [0.1, 0.15) is 6.61 Å². The first-order chi connectivity index (χ1) is 8.89. The molecule has 4 heteroatoms. The van der Waals surface area contributed by atoms with Gasteiger partial charge in [-0.15, -0.1) is 0 Å². The van der Waals surface area contributed by atoms with Crippen LogP contribution in [0.3, 0.4) is 0 Å². The number of carbonyl (C=O) groups is 1. The van der Waals surface area contributed by atoms with Crippen LogP contribution in [-0.2, 0) is 19.0 Å². The third kappa shape index (κ3) is 4.18. The second-order valence-corrected chi connectivity index (χ2v) is 5.83. The molecule has 0 aromatic heterocycles. The molecule has 1 unspecified atom stereocenters. The zero-order valence-corrected chi connectivity index (χ0v) is 13.0. The summed E-state index contributed by atoms with van der Waals surface area (Å²) in [6.45, 7) is 10.9. The highest BCUT2D eigenvalue weighted by molar-refractivity contribution is 5.75. The molecule has 19 heavy (non-hydrogen) atoms. The first-order valence-electron chi connectivity index (χ1n) is 7.38. The van der Waals surface area contributed by atoms with Crippen LogP contribution in [0.4, 0.5) is 0 Å². The highest BCUT2D eigenvalue weighted by atomic mass is 16.7. The number of hydrogen-bond donors (Lipinski definition) is 0. The van der Waals surface area contributed by atoms with E-state index in [1.807, 2.05) is 20.8 Å². The molecule has 1 rings (SSSR count). The van der Waals surface area contributed by atoms with Gasteiger partial charge in [-0.3, -0.25) is 4.79 Å². The zero-order valence-electron chi connectivity index (χ0n) is 13.0. The second-order valence-electron chi connectivity index (χ2n) is 5.83. The summed E-state index contributed by atoms with van der Waals surface area (Å²) in [5.74, 6) is -0.640. The van der Waals surface area contributed by atoms with E-state index in [0.717, 1.165) is 25.7 Å². The van der Waals surface area contributed by atoms with Crippen LogP contribution in [0, 0.1) is 5.41 Å². The van der Waals surface area contributed by atoms with Crippen molar-refractivity contribution in [3.8, 4) is 0 Å². The summed E-state index contributed by atoms with van der Waals surface area (Å²) in [4.78, 5) is 11.9. The van der Waals surface area contributed by atoms with Crippen LogP contribution in [0.5, 0.6) is 0 Å². The molecule has 1 aliphatic rings. The fourth-order valence-electron chi connectivity index (χ4n) is 2.02. The van der Waals surface area contributed by atoms with Crippen molar-refractivity contribution in [1.82, 2.24) is 0 Å². The predicted molar refractivity (Wildman–Crippen MR) is 73.8 cm³/mol. The van der Waals surface area contributed by atoms with Crippen molar-refractivity contribution in [2.24, 2.45) is 5.41 Å². The standard InChI is InChI=1S/C15H28O4/c1-6-14(4,5)13(16)17-11-12-9-10-18-15(7-2,8-3)19-12/h12H,6-11H2,1-5H3. The molecule has 1 saturated heterocycles. The largest absolute Gasteiger partial charge is 0.463 e. The Morgan fingerprint density at radius 3 is 2.47 bits per heavy atom. The lowest BCUT2D eigenvalue weighted by Gasteiger charge is -2.40. The van der Waals surface area contributed by atoms with Crippen LogP contribution in [0.2, 0.25) is 0 Å². The molecule has 0 bridgehead atoms. The molecule has 1 heterocycles. The molecule has 1 atom stereocenters. The maximum Gasteiger partial charge on any atom is 0.311 e. The number of esters is 1. The van der Waals surface area contributed by atoms with Crippen LogP contribution in [0.25, 0.3) is 0 Å². The Morgan fingerprint density at radius 1 is 1.32 bits per heavy atom. The van der Waals surface area contributed by atoms with Crippen LogP contribution >= 0.6 is 0 Å². The van der Waals surface area contributed by atoms with E-state index in [-0.39, 0.29) is 12.1 Å². The lowest BCUT2D eigenvalue weighted by Crippen LogP contribution is -2.46. The Kier molecular flexibility index (Phi) is 5.81. The van der Waals surface area contributed by atoms with Crippen molar-refractivity contribution in [1.29, 1.82) is 0 Å².